The van der Waals surface area contributed by atoms with E-state index in [1.807, 2.05) is 0 Å². The summed E-state index contributed by atoms with van der Waals surface area (Å²) in [6.45, 7) is 0. The summed E-state index contributed by atoms with van der Waals surface area (Å²) < 4.78 is 1.11. The van der Waals surface area contributed by atoms with Crippen LogP contribution in [0.15, 0.2) is 34.5 Å². The van der Waals surface area contributed by atoms with Crippen molar-refractivity contribution in [1.82, 2.24) is 9.97 Å². The molecule has 0 saturated heterocycles. The van der Waals surface area contributed by atoms with Crippen LogP contribution >= 0.6 is 27.3 Å². The quantitative estimate of drug-likeness (QED) is 0.942. The molecule has 2 rings (SSSR count). The molecule has 0 spiro atoms. The molecule has 3 nitrogen and oxygen atoms in total. The number of halogens is 1. The molecule has 0 bridgehead atoms. The maximum Gasteiger partial charge on any atom is 0.0757 e. The molecule has 15 heavy (non-hydrogen) atoms. The van der Waals surface area contributed by atoms with E-state index in [1.165, 1.54) is 4.88 Å². The number of aromatic nitrogens is 2. The van der Waals surface area contributed by atoms with Gasteiger partial charge in [0.25, 0.3) is 0 Å². The Balaban J connectivity index is 2.07. The van der Waals surface area contributed by atoms with E-state index in [-0.39, 0.29) is 6.04 Å². The number of hydrogen-bond acceptors (Lipinski definition) is 4. The summed E-state index contributed by atoms with van der Waals surface area (Å²) in [5, 5.41) is 2.05. The molecule has 2 aromatic rings. The first-order chi connectivity index (χ1) is 7.25. The van der Waals surface area contributed by atoms with E-state index in [0.717, 1.165) is 16.6 Å². The van der Waals surface area contributed by atoms with Gasteiger partial charge in [-0.25, -0.2) is 0 Å². The lowest BCUT2D eigenvalue weighted by molar-refractivity contribution is 0.698. The SMILES string of the molecule is NC(Cc1cc(Br)cs1)c1cnccn1. The van der Waals surface area contributed by atoms with Gasteiger partial charge in [0.05, 0.1) is 11.7 Å². The Morgan fingerprint density at radius 1 is 1.47 bits per heavy atom. The fourth-order valence-corrected chi connectivity index (χ4v) is 2.80. The van der Waals surface area contributed by atoms with E-state index in [2.05, 4.69) is 37.3 Å². The second-order valence-electron chi connectivity index (χ2n) is 3.17. The van der Waals surface area contributed by atoms with E-state index in [4.69, 9.17) is 5.73 Å². The van der Waals surface area contributed by atoms with Crippen molar-refractivity contribution >= 4 is 27.3 Å². The van der Waals surface area contributed by atoms with Crippen LogP contribution in [0.2, 0.25) is 0 Å². The minimum absolute atomic E-state index is 0.0794. The second-order valence-corrected chi connectivity index (χ2v) is 5.08. The van der Waals surface area contributed by atoms with Crippen LogP contribution in [0, 0.1) is 0 Å². The van der Waals surface area contributed by atoms with Gasteiger partial charge in [0.1, 0.15) is 0 Å². The summed E-state index contributed by atoms with van der Waals surface area (Å²) in [4.78, 5) is 9.44. The summed E-state index contributed by atoms with van der Waals surface area (Å²) in [5.41, 5.74) is 6.86. The normalized spacial score (nSPS) is 12.7. The summed E-state index contributed by atoms with van der Waals surface area (Å²) >= 11 is 5.12. The predicted molar refractivity (Wildman–Crippen MR) is 64.7 cm³/mol. The molecule has 5 heteroatoms. The average Bonchev–Trinajstić information content (AvgIpc) is 2.65. The molecule has 0 aromatic carbocycles. The fourth-order valence-electron chi connectivity index (χ4n) is 1.28. The van der Waals surface area contributed by atoms with Crippen molar-refractivity contribution in [3.8, 4) is 0 Å². The highest BCUT2D eigenvalue weighted by Crippen LogP contribution is 2.23. The van der Waals surface area contributed by atoms with Gasteiger partial charge in [0.15, 0.2) is 0 Å². The monoisotopic (exact) mass is 283 g/mol. The first kappa shape index (κ1) is 10.7. The van der Waals surface area contributed by atoms with Gasteiger partial charge >= 0.3 is 0 Å². The smallest absolute Gasteiger partial charge is 0.0757 e. The standard InChI is InChI=1S/C10H10BrN3S/c11-7-3-8(15-6-7)4-9(12)10-5-13-1-2-14-10/h1-3,5-6,9H,4,12H2. The van der Waals surface area contributed by atoms with Gasteiger partial charge in [0, 0.05) is 39.7 Å². The molecular weight excluding hydrogens is 274 g/mol. The van der Waals surface area contributed by atoms with Gasteiger partial charge in [-0.05, 0) is 22.0 Å². The van der Waals surface area contributed by atoms with Crippen LogP contribution in [0.1, 0.15) is 16.6 Å². The molecular formula is C10H10BrN3S. The Hall–Kier alpha value is -0.780. The highest BCUT2D eigenvalue weighted by atomic mass is 79.9. The molecule has 2 aromatic heterocycles. The summed E-state index contributed by atoms with van der Waals surface area (Å²) in [6, 6.07) is 2.00. The molecule has 78 valence electrons. The molecule has 0 radical (unpaired) electrons. The van der Waals surface area contributed by atoms with Gasteiger partial charge in [-0.15, -0.1) is 11.3 Å². The van der Waals surface area contributed by atoms with Gasteiger partial charge in [-0.2, -0.15) is 0 Å². The van der Waals surface area contributed by atoms with Gasteiger partial charge in [-0.3, -0.25) is 9.97 Å². The van der Waals surface area contributed by atoms with E-state index in [9.17, 15) is 0 Å². The van der Waals surface area contributed by atoms with E-state index >= 15 is 0 Å². The van der Waals surface area contributed by atoms with E-state index < -0.39 is 0 Å². The van der Waals surface area contributed by atoms with Crippen molar-refractivity contribution in [1.29, 1.82) is 0 Å². The van der Waals surface area contributed by atoms with Gasteiger partial charge in [-0.1, -0.05) is 0 Å². The summed E-state index contributed by atoms with van der Waals surface area (Å²) in [6.07, 6.45) is 5.83. The summed E-state index contributed by atoms with van der Waals surface area (Å²) in [5.74, 6) is 0. The molecule has 1 unspecified atom stereocenters. The predicted octanol–water partition coefficient (Wildman–Crippen LogP) is 2.54. The minimum atomic E-state index is -0.0794. The highest BCUT2D eigenvalue weighted by molar-refractivity contribution is 9.10. The van der Waals surface area contributed by atoms with Crippen LogP contribution in [-0.4, -0.2) is 9.97 Å². The largest absolute Gasteiger partial charge is 0.322 e. The Bertz CT molecular complexity index is 429. The number of rotatable bonds is 3. The van der Waals surface area contributed by atoms with Crippen molar-refractivity contribution in [3.05, 3.63) is 45.1 Å². The first-order valence-electron chi connectivity index (χ1n) is 4.50. The Morgan fingerprint density at radius 3 is 2.93 bits per heavy atom. The zero-order chi connectivity index (χ0) is 10.7. The first-order valence-corrected chi connectivity index (χ1v) is 6.17. The van der Waals surface area contributed by atoms with Gasteiger partial charge in [0.2, 0.25) is 0 Å². The fraction of sp³-hybridized carbons (Fsp3) is 0.200. The van der Waals surface area contributed by atoms with Crippen molar-refractivity contribution in [2.24, 2.45) is 5.73 Å². The molecule has 2 heterocycles. The van der Waals surface area contributed by atoms with Crippen molar-refractivity contribution in [2.45, 2.75) is 12.5 Å². The third kappa shape index (κ3) is 2.84. The van der Waals surface area contributed by atoms with Crippen molar-refractivity contribution < 1.29 is 0 Å². The minimum Gasteiger partial charge on any atom is -0.322 e. The zero-order valence-electron chi connectivity index (χ0n) is 7.93. The maximum atomic E-state index is 6.03. The van der Waals surface area contributed by atoms with Crippen molar-refractivity contribution in [2.75, 3.05) is 0 Å². The van der Waals surface area contributed by atoms with Crippen molar-refractivity contribution in [3.63, 3.8) is 0 Å². The van der Waals surface area contributed by atoms with Crippen LogP contribution in [0.4, 0.5) is 0 Å². The number of nitrogens with two attached hydrogens (primary N) is 1. The Labute approximate surface area is 101 Å². The molecule has 2 N–H and O–H groups in total. The van der Waals surface area contributed by atoms with Gasteiger partial charge < -0.3 is 5.73 Å². The van der Waals surface area contributed by atoms with Crippen LogP contribution in [0.25, 0.3) is 0 Å². The van der Waals surface area contributed by atoms with Crippen LogP contribution in [0.5, 0.6) is 0 Å². The average molecular weight is 284 g/mol. The van der Waals surface area contributed by atoms with Crippen LogP contribution in [-0.2, 0) is 6.42 Å². The lowest BCUT2D eigenvalue weighted by atomic mass is 10.1. The topological polar surface area (TPSA) is 51.8 Å². The second kappa shape index (κ2) is 4.83. The molecule has 0 amide bonds. The van der Waals surface area contributed by atoms with Crippen LogP contribution < -0.4 is 5.73 Å². The molecule has 0 saturated carbocycles. The lowest BCUT2D eigenvalue weighted by Gasteiger charge is -2.08. The third-order valence-electron chi connectivity index (χ3n) is 2.01. The zero-order valence-corrected chi connectivity index (χ0v) is 10.3. The molecule has 0 aliphatic rings. The summed E-state index contributed by atoms with van der Waals surface area (Å²) in [7, 11) is 0. The Kier molecular flexibility index (Phi) is 3.45. The number of thiophene rings is 1. The highest BCUT2D eigenvalue weighted by Gasteiger charge is 2.09. The third-order valence-corrected chi connectivity index (χ3v) is 3.73. The maximum absolute atomic E-state index is 6.03. The number of nitrogens with zero attached hydrogens (tertiary/aromatic N) is 2. The van der Waals surface area contributed by atoms with E-state index in [0.29, 0.717) is 0 Å². The van der Waals surface area contributed by atoms with E-state index in [1.54, 1.807) is 29.9 Å². The molecule has 0 aliphatic heterocycles. The Morgan fingerprint density at radius 2 is 2.33 bits per heavy atom. The molecule has 0 aliphatic carbocycles. The molecule has 1 atom stereocenters. The van der Waals surface area contributed by atoms with Crippen LogP contribution in [0.3, 0.4) is 0 Å². The molecule has 0 fully saturated rings. The lowest BCUT2D eigenvalue weighted by Crippen LogP contribution is -2.14. The number of hydrogen-bond donors (Lipinski definition) is 1.